The third-order valence-corrected chi connectivity index (χ3v) is 6.75. The number of rotatable bonds is 6. The summed E-state index contributed by atoms with van der Waals surface area (Å²) < 4.78 is 6.21. The van der Waals surface area contributed by atoms with Gasteiger partial charge in [-0.25, -0.2) is 4.98 Å². The number of ether oxygens (including phenoxy) is 1. The van der Waals surface area contributed by atoms with Gasteiger partial charge >= 0.3 is 0 Å². The first-order valence-electron chi connectivity index (χ1n) is 11.2. The lowest BCUT2D eigenvalue weighted by Gasteiger charge is -2.18. The number of aromatic amines is 1. The van der Waals surface area contributed by atoms with Crippen LogP contribution in [0.25, 0.3) is 11.0 Å². The molecule has 0 unspecified atom stereocenters. The highest BCUT2D eigenvalue weighted by molar-refractivity contribution is 6.39. The fraction of sp³-hybridized carbons (Fsp3) is 0.231. The molecule has 5 rings (SSSR count). The van der Waals surface area contributed by atoms with Crippen LogP contribution >= 0.6 is 34.8 Å². The van der Waals surface area contributed by atoms with Crippen molar-refractivity contribution in [2.24, 2.45) is 0 Å². The highest BCUT2D eigenvalue weighted by Gasteiger charge is 2.36. The SMILES string of the molecule is CC1(C)Cc2c(c(C(=O)NCCc3ccc(Cl)cc3)cc3[nH]c(Nc4c(Cl)cccc4Cl)nc23)O1. The zero-order chi connectivity index (χ0) is 24.7. The summed E-state index contributed by atoms with van der Waals surface area (Å²) in [5, 5.41) is 7.82. The molecule has 1 amide bonds. The number of carbonyl (C=O) groups is 1. The minimum absolute atomic E-state index is 0.201. The lowest BCUT2D eigenvalue weighted by molar-refractivity contribution is 0.0940. The van der Waals surface area contributed by atoms with Crippen molar-refractivity contribution in [1.29, 1.82) is 0 Å². The van der Waals surface area contributed by atoms with Gasteiger partial charge in [-0.1, -0.05) is 53.0 Å². The van der Waals surface area contributed by atoms with Crippen molar-refractivity contribution in [2.45, 2.75) is 32.3 Å². The number of carbonyl (C=O) groups excluding carboxylic acids is 1. The van der Waals surface area contributed by atoms with Crippen molar-refractivity contribution in [3.8, 4) is 5.75 Å². The van der Waals surface area contributed by atoms with Crippen LogP contribution in [0.1, 0.15) is 35.3 Å². The molecule has 0 atom stereocenters. The first kappa shape index (κ1) is 23.8. The van der Waals surface area contributed by atoms with E-state index in [1.54, 1.807) is 24.3 Å². The van der Waals surface area contributed by atoms with Crippen LogP contribution in [0.5, 0.6) is 5.75 Å². The van der Waals surface area contributed by atoms with Gasteiger partial charge < -0.3 is 20.4 Å². The van der Waals surface area contributed by atoms with Crippen LogP contribution in [-0.4, -0.2) is 28.0 Å². The second kappa shape index (κ2) is 9.26. The first-order chi connectivity index (χ1) is 16.7. The summed E-state index contributed by atoms with van der Waals surface area (Å²) in [4.78, 5) is 21.2. The van der Waals surface area contributed by atoms with E-state index in [0.717, 1.165) is 22.2 Å². The molecule has 3 aromatic carbocycles. The molecule has 4 aromatic rings. The second-order valence-corrected chi connectivity index (χ2v) is 10.4. The number of halogens is 3. The number of amides is 1. The van der Waals surface area contributed by atoms with Crippen molar-refractivity contribution in [2.75, 3.05) is 11.9 Å². The van der Waals surface area contributed by atoms with E-state index >= 15 is 0 Å². The van der Waals surface area contributed by atoms with Gasteiger partial charge in [0.25, 0.3) is 5.91 Å². The molecule has 1 aliphatic rings. The predicted octanol–water partition coefficient (Wildman–Crippen LogP) is 6.95. The van der Waals surface area contributed by atoms with Crippen molar-refractivity contribution in [3.63, 3.8) is 0 Å². The smallest absolute Gasteiger partial charge is 0.255 e. The Morgan fingerprint density at radius 2 is 1.83 bits per heavy atom. The summed E-state index contributed by atoms with van der Waals surface area (Å²) in [5.74, 6) is 0.843. The lowest BCUT2D eigenvalue weighted by Crippen LogP contribution is -2.28. The van der Waals surface area contributed by atoms with E-state index in [9.17, 15) is 4.79 Å². The average Bonchev–Trinajstić information content (AvgIpc) is 3.36. The van der Waals surface area contributed by atoms with E-state index in [1.807, 2.05) is 38.1 Å². The molecule has 1 aliphatic heterocycles. The lowest BCUT2D eigenvalue weighted by atomic mass is 9.98. The van der Waals surface area contributed by atoms with Gasteiger partial charge in [-0.2, -0.15) is 0 Å². The number of H-pyrrole nitrogens is 1. The maximum absolute atomic E-state index is 13.2. The van der Waals surface area contributed by atoms with Gasteiger partial charge in [0.05, 0.1) is 32.3 Å². The Labute approximate surface area is 217 Å². The predicted molar refractivity (Wildman–Crippen MR) is 142 cm³/mol. The molecule has 35 heavy (non-hydrogen) atoms. The third-order valence-electron chi connectivity index (χ3n) is 5.87. The van der Waals surface area contributed by atoms with Crippen LogP contribution in [0.2, 0.25) is 15.1 Å². The number of nitrogens with zero attached hydrogens (tertiary/aromatic N) is 1. The monoisotopic (exact) mass is 528 g/mol. The molecule has 0 aliphatic carbocycles. The maximum atomic E-state index is 13.2. The molecule has 0 radical (unpaired) electrons. The van der Waals surface area contributed by atoms with Crippen LogP contribution in [-0.2, 0) is 12.8 Å². The van der Waals surface area contributed by atoms with Crippen LogP contribution in [0.3, 0.4) is 0 Å². The molecule has 0 saturated heterocycles. The summed E-state index contributed by atoms with van der Waals surface area (Å²) in [6.45, 7) is 4.48. The average molecular weight is 530 g/mol. The summed E-state index contributed by atoms with van der Waals surface area (Å²) in [6, 6.07) is 14.6. The van der Waals surface area contributed by atoms with Crippen LogP contribution < -0.4 is 15.4 Å². The summed E-state index contributed by atoms with van der Waals surface area (Å²) in [7, 11) is 0. The number of benzene rings is 3. The van der Waals surface area contributed by atoms with Gasteiger partial charge in [0.15, 0.2) is 0 Å². The highest BCUT2D eigenvalue weighted by Crippen LogP contribution is 2.42. The fourth-order valence-electron chi connectivity index (χ4n) is 4.25. The summed E-state index contributed by atoms with van der Waals surface area (Å²) in [5.41, 5.74) is 4.03. The molecule has 0 fully saturated rings. The number of fused-ring (bicyclic) bond motifs is 3. The Balaban J connectivity index is 1.44. The Bertz CT molecular complexity index is 1410. The standard InChI is InChI=1S/C26H23Cl3N4O2/c1-26(2)13-17-21-20(31-25(32-21)33-22-18(28)4-3-5-19(22)29)12-16(23(17)35-26)24(34)30-11-10-14-6-8-15(27)9-7-14/h3-9,12H,10-11,13H2,1-2H3,(H,30,34)(H2,31,32,33). The number of imidazole rings is 1. The van der Waals surface area contributed by atoms with Gasteiger partial charge in [0.1, 0.15) is 11.4 Å². The van der Waals surface area contributed by atoms with Crippen molar-refractivity contribution < 1.29 is 9.53 Å². The maximum Gasteiger partial charge on any atom is 0.255 e. The number of hydrogen-bond donors (Lipinski definition) is 3. The van der Waals surface area contributed by atoms with E-state index in [0.29, 0.717) is 57.4 Å². The number of nitrogens with one attached hydrogen (secondary N) is 3. The molecule has 3 N–H and O–H groups in total. The molecule has 0 saturated carbocycles. The Morgan fingerprint density at radius 3 is 2.54 bits per heavy atom. The number of anilines is 2. The van der Waals surface area contributed by atoms with Crippen molar-refractivity contribution in [3.05, 3.63) is 80.3 Å². The molecule has 0 spiro atoms. The zero-order valence-corrected chi connectivity index (χ0v) is 21.4. The van der Waals surface area contributed by atoms with Crippen LogP contribution in [0.15, 0.2) is 48.5 Å². The minimum Gasteiger partial charge on any atom is -0.486 e. The van der Waals surface area contributed by atoms with E-state index in [4.69, 9.17) is 44.5 Å². The normalized spacial score (nSPS) is 14.0. The third kappa shape index (κ3) is 4.92. The molecule has 2 heterocycles. The Kier molecular flexibility index (Phi) is 6.30. The summed E-state index contributed by atoms with van der Waals surface area (Å²) in [6.07, 6.45) is 1.32. The largest absolute Gasteiger partial charge is 0.486 e. The molecule has 0 bridgehead atoms. The van der Waals surface area contributed by atoms with Crippen LogP contribution in [0, 0.1) is 0 Å². The Morgan fingerprint density at radius 1 is 1.11 bits per heavy atom. The fourth-order valence-corrected chi connectivity index (χ4v) is 4.87. The van der Waals surface area contributed by atoms with Crippen LogP contribution in [0.4, 0.5) is 11.6 Å². The van der Waals surface area contributed by atoms with E-state index in [2.05, 4.69) is 15.6 Å². The van der Waals surface area contributed by atoms with Gasteiger partial charge in [0.2, 0.25) is 5.95 Å². The van der Waals surface area contributed by atoms with Crippen molar-refractivity contribution >= 4 is 63.4 Å². The number of para-hydroxylation sites is 1. The number of hydrogen-bond acceptors (Lipinski definition) is 4. The topological polar surface area (TPSA) is 79.0 Å². The second-order valence-electron chi connectivity index (χ2n) is 9.11. The van der Waals surface area contributed by atoms with Gasteiger partial charge in [0, 0.05) is 23.6 Å². The van der Waals surface area contributed by atoms with E-state index in [-0.39, 0.29) is 5.91 Å². The number of aromatic nitrogens is 2. The minimum atomic E-state index is -0.451. The van der Waals surface area contributed by atoms with E-state index < -0.39 is 5.60 Å². The van der Waals surface area contributed by atoms with Gasteiger partial charge in [-0.05, 0) is 56.2 Å². The first-order valence-corrected chi connectivity index (χ1v) is 12.3. The molecule has 6 nitrogen and oxygen atoms in total. The van der Waals surface area contributed by atoms with Gasteiger partial charge in [-0.3, -0.25) is 4.79 Å². The molecule has 1 aromatic heterocycles. The van der Waals surface area contributed by atoms with E-state index in [1.165, 1.54) is 0 Å². The van der Waals surface area contributed by atoms with Crippen molar-refractivity contribution in [1.82, 2.24) is 15.3 Å². The molecule has 9 heteroatoms. The zero-order valence-electron chi connectivity index (χ0n) is 19.1. The summed E-state index contributed by atoms with van der Waals surface area (Å²) >= 11 is 18.6. The highest BCUT2D eigenvalue weighted by atomic mass is 35.5. The Hall–Kier alpha value is -2.93. The molecular formula is C26H23Cl3N4O2. The van der Waals surface area contributed by atoms with Gasteiger partial charge in [-0.15, -0.1) is 0 Å². The molecular weight excluding hydrogens is 507 g/mol. The molecule has 180 valence electrons. The quantitative estimate of drug-likeness (QED) is 0.252.